The van der Waals surface area contributed by atoms with Gasteiger partial charge in [-0.2, -0.15) is 0 Å². The Hall–Kier alpha value is -4.04. The molecule has 4 aromatic rings. The van der Waals surface area contributed by atoms with Crippen molar-refractivity contribution in [2.45, 2.75) is 96.2 Å². The Balaban J connectivity index is 1.36. The zero-order valence-electron chi connectivity index (χ0n) is 30.3. The van der Waals surface area contributed by atoms with E-state index >= 15 is 0 Å². The van der Waals surface area contributed by atoms with E-state index in [0.29, 0.717) is 62.8 Å². The number of aliphatic hydroxyl groups excluding tert-OH is 1. The summed E-state index contributed by atoms with van der Waals surface area (Å²) in [6.07, 6.45) is 5.50. The Bertz CT molecular complexity index is 1960. The smallest absolute Gasteiger partial charge is 0.410 e. The van der Waals surface area contributed by atoms with Crippen LogP contribution in [0.2, 0.25) is 5.02 Å². The van der Waals surface area contributed by atoms with E-state index in [1.54, 1.807) is 17.0 Å². The van der Waals surface area contributed by atoms with Crippen LogP contribution in [-0.4, -0.2) is 51.8 Å². The highest BCUT2D eigenvalue weighted by atomic mass is 35.5. The molecule has 0 heterocycles. The van der Waals surface area contributed by atoms with Gasteiger partial charge >= 0.3 is 6.09 Å². The minimum Gasteiger partial charge on any atom is -0.410 e. The van der Waals surface area contributed by atoms with E-state index in [-0.39, 0.29) is 35.3 Å². The second-order valence-electron chi connectivity index (χ2n) is 15.0. The molecule has 0 unspecified atom stereocenters. The summed E-state index contributed by atoms with van der Waals surface area (Å²) in [6.45, 7) is 6.62. The number of aliphatic hydroxyl groups is 2. The molecule has 0 aromatic heterocycles. The van der Waals surface area contributed by atoms with E-state index in [2.05, 4.69) is 19.9 Å². The fraction of sp³-hybridized carbons (Fsp3) is 0.409. The summed E-state index contributed by atoms with van der Waals surface area (Å²) in [5.74, 6) is -0.618. The number of hydrogen-bond donors (Lipinski definition) is 2. The molecule has 2 N–H and O–H groups in total. The summed E-state index contributed by atoms with van der Waals surface area (Å²) in [4.78, 5) is 29.7. The first-order valence-electron chi connectivity index (χ1n) is 18.5. The molecular formula is C44H49ClFNO5. The average Bonchev–Trinajstić information content (AvgIpc) is 3.37. The average molecular weight is 726 g/mol. The predicted octanol–water partition coefficient (Wildman–Crippen LogP) is 10.0. The van der Waals surface area contributed by atoms with E-state index in [0.717, 1.165) is 28.3 Å². The van der Waals surface area contributed by atoms with Crippen LogP contribution in [0.4, 0.5) is 9.18 Å². The Morgan fingerprint density at radius 3 is 2.56 bits per heavy atom. The van der Waals surface area contributed by atoms with Gasteiger partial charge in [-0.3, -0.25) is 4.79 Å². The van der Waals surface area contributed by atoms with Crippen molar-refractivity contribution in [3.63, 3.8) is 0 Å². The molecule has 3 aliphatic carbocycles. The van der Waals surface area contributed by atoms with E-state index in [1.165, 1.54) is 17.7 Å². The van der Waals surface area contributed by atoms with Gasteiger partial charge in [0.15, 0.2) is 5.78 Å². The first-order valence-corrected chi connectivity index (χ1v) is 18.9. The number of ketones is 1. The Morgan fingerprint density at radius 2 is 1.79 bits per heavy atom. The van der Waals surface area contributed by atoms with Gasteiger partial charge in [-0.25, -0.2) is 9.18 Å². The first-order chi connectivity index (χ1) is 24.9. The van der Waals surface area contributed by atoms with Crippen LogP contribution in [0, 0.1) is 11.2 Å². The van der Waals surface area contributed by atoms with E-state index in [4.69, 9.17) is 16.3 Å². The fourth-order valence-corrected chi connectivity index (χ4v) is 8.65. The topological polar surface area (TPSA) is 87.1 Å². The van der Waals surface area contributed by atoms with E-state index < -0.39 is 29.0 Å². The molecule has 8 heteroatoms. The molecule has 1 saturated carbocycles. The number of rotatable bonds is 8. The number of allylic oxidation sites excluding steroid dienone is 2. The quantitative estimate of drug-likeness (QED) is 0.140. The molecule has 2 bridgehead atoms. The minimum atomic E-state index is -1.31. The molecule has 274 valence electrons. The second-order valence-corrected chi connectivity index (χ2v) is 15.5. The highest BCUT2D eigenvalue weighted by Crippen LogP contribution is 2.59. The van der Waals surface area contributed by atoms with Gasteiger partial charge < -0.3 is 19.8 Å². The number of nitrogens with zero attached hydrogens (tertiary/aromatic N) is 1. The molecule has 1 amide bonds. The zero-order chi connectivity index (χ0) is 37.0. The summed E-state index contributed by atoms with van der Waals surface area (Å²) in [5, 5.41) is 26.0. The van der Waals surface area contributed by atoms with Gasteiger partial charge in [-0.1, -0.05) is 85.6 Å². The van der Waals surface area contributed by atoms with Crippen LogP contribution in [0.5, 0.6) is 5.75 Å². The van der Waals surface area contributed by atoms with Crippen molar-refractivity contribution in [1.82, 2.24) is 4.90 Å². The van der Waals surface area contributed by atoms with Crippen molar-refractivity contribution < 1.29 is 28.9 Å². The molecule has 6 nitrogen and oxygen atoms in total. The first kappa shape index (κ1) is 37.7. The SMILES string of the molecule is CCCN(C[C@]1(O)CC[C@H]2c3ccc(cc3C(=O)Cc3c(F)cccc3Cl)C[C@@H](O)CCC(C)=CCC[C@@]21C)C(=O)Oc1ccc2ccccc2c1. The Morgan fingerprint density at radius 1 is 1.00 bits per heavy atom. The maximum atomic E-state index is 14.9. The number of benzene rings is 4. The number of amides is 1. The minimum absolute atomic E-state index is 0.0708. The van der Waals surface area contributed by atoms with Crippen LogP contribution >= 0.6 is 11.6 Å². The van der Waals surface area contributed by atoms with Crippen LogP contribution in [0.15, 0.2) is 90.5 Å². The van der Waals surface area contributed by atoms with Crippen molar-refractivity contribution in [2.24, 2.45) is 5.41 Å². The number of carbonyl (C=O) groups excluding carboxylic acids is 2. The second kappa shape index (κ2) is 15.9. The highest BCUT2D eigenvalue weighted by Gasteiger charge is 2.57. The molecule has 3 aliphatic rings. The normalized spacial score (nSPS) is 23.5. The molecule has 0 spiro atoms. The largest absolute Gasteiger partial charge is 0.415 e. The van der Waals surface area contributed by atoms with Crippen molar-refractivity contribution in [3.8, 4) is 5.75 Å². The maximum Gasteiger partial charge on any atom is 0.415 e. The number of carbonyl (C=O) groups is 2. The molecule has 0 saturated heterocycles. The lowest BCUT2D eigenvalue weighted by atomic mass is 9.64. The summed E-state index contributed by atoms with van der Waals surface area (Å²) in [7, 11) is 0. The van der Waals surface area contributed by atoms with Gasteiger partial charge in [0.25, 0.3) is 0 Å². The Kier molecular flexibility index (Phi) is 11.5. The van der Waals surface area contributed by atoms with E-state index in [1.807, 2.05) is 61.5 Å². The predicted molar refractivity (Wildman–Crippen MR) is 205 cm³/mol. The van der Waals surface area contributed by atoms with Crippen LogP contribution < -0.4 is 4.74 Å². The number of halogens is 2. The van der Waals surface area contributed by atoms with Gasteiger partial charge in [0.05, 0.1) is 18.2 Å². The number of ether oxygens (including phenoxy) is 1. The third-order valence-corrected chi connectivity index (χ3v) is 11.9. The van der Waals surface area contributed by atoms with Crippen molar-refractivity contribution in [3.05, 3.63) is 124 Å². The summed E-state index contributed by atoms with van der Waals surface area (Å²) >= 11 is 6.38. The third-order valence-electron chi connectivity index (χ3n) is 11.5. The summed E-state index contributed by atoms with van der Waals surface area (Å²) in [5.41, 5.74) is 1.32. The standard InChI is InChI=1S/C44H49ClFNO5/c1-4-23-47(42(50)52-34-18-16-31-10-5-6-11-32(31)26-34)28-44(51)22-20-38-35-19-15-30(24-33(48)17-14-29(2)9-8-21-43(38,44)3)25-36(35)41(49)27-37-39(45)12-7-13-40(37)46/h5-7,9-13,15-16,18-19,25-26,33,38,48,51H,4,8,14,17,20-24,27-28H2,1-3H3/t33-,38-,43-,44+/m0/s1. The lowest BCUT2D eigenvalue weighted by Gasteiger charge is -2.46. The zero-order valence-corrected chi connectivity index (χ0v) is 31.1. The van der Waals surface area contributed by atoms with Gasteiger partial charge in [-0.05, 0) is 116 Å². The Labute approximate surface area is 311 Å². The summed E-state index contributed by atoms with van der Waals surface area (Å²) in [6, 6.07) is 23.6. The lowest BCUT2D eigenvalue weighted by molar-refractivity contribution is -0.0790. The number of Topliss-reactive ketones (excluding diaryl/α,β-unsaturated/α-hetero) is 1. The molecule has 1 fully saturated rings. The van der Waals surface area contributed by atoms with Crippen LogP contribution in [0.3, 0.4) is 0 Å². The van der Waals surface area contributed by atoms with Gasteiger partial charge in [-0.15, -0.1) is 0 Å². The van der Waals surface area contributed by atoms with Crippen molar-refractivity contribution in [2.75, 3.05) is 13.1 Å². The maximum absolute atomic E-state index is 14.9. The molecule has 7 rings (SSSR count). The molecule has 0 aliphatic heterocycles. The van der Waals surface area contributed by atoms with Gasteiger partial charge in [0.2, 0.25) is 0 Å². The molecule has 4 atom stereocenters. The van der Waals surface area contributed by atoms with Crippen LogP contribution in [-0.2, 0) is 12.8 Å². The van der Waals surface area contributed by atoms with Crippen molar-refractivity contribution in [1.29, 1.82) is 0 Å². The van der Waals surface area contributed by atoms with Crippen LogP contribution in [0.1, 0.15) is 98.7 Å². The number of fused-ring (bicyclic) bond motifs is 9. The lowest BCUT2D eigenvalue weighted by Crippen LogP contribution is -2.54. The van der Waals surface area contributed by atoms with Gasteiger partial charge in [0.1, 0.15) is 11.6 Å². The fourth-order valence-electron chi connectivity index (χ4n) is 8.42. The highest BCUT2D eigenvalue weighted by molar-refractivity contribution is 6.31. The van der Waals surface area contributed by atoms with Crippen molar-refractivity contribution >= 4 is 34.2 Å². The molecular weight excluding hydrogens is 677 g/mol. The molecule has 0 radical (unpaired) electrons. The monoisotopic (exact) mass is 725 g/mol. The molecule has 52 heavy (non-hydrogen) atoms. The molecule has 4 aromatic carbocycles. The third kappa shape index (κ3) is 7.97. The summed E-state index contributed by atoms with van der Waals surface area (Å²) < 4.78 is 20.9. The van der Waals surface area contributed by atoms with E-state index in [9.17, 15) is 24.2 Å². The van der Waals surface area contributed by atoms with Gasteiger partial charge in [0, 0.05) is 34.5 Å². The van der Waals surface area contributed by atoms with Crippen LogP contribution in [0.25, 0.3) is 10.8 Å². The number of hydrogen-bond acceptors (Lipinski definition) is 5.